The molecule has 0 aliphatic heterocycles. The van der Waals surface area contributed by atoms with E-state index < -0.39 is 11.6 Å². The first-order valence-electron chi connectivity index (χ1n) is 7.70. The SMILES string of the molecule is Fc1ccc(F)c(-c2cc(Nc3ccnc(Cl)c3)c3cccnc3n2)c1. The zero-order valence-corrected chi connectivity index (χ0v) is 14.0. The van der Waals surface area contributed by atoms with Crippen molar-refractivity contribution in [3.05, 3.63) is 77.7 Å². The van der Waals surface area contributed by atoms with E-state index in [9.17, 15) is 8.78 Å². The van der Waals surface area contributed by atoms with Crippen LogP contribution in [-0.2, 0) is 0 Å². The van der Waals surface area contributed by atoms with Crippen LogP contribution in [0, 0.1) is 11.6 Å². The average Bonchev–Trinajstić information content (AvgIpc) is 2.64. The summed E-state index contributed by atoms with van der Waals surface area (Å²) in [7, 11) is 0. The lowest BCUT2D eigenvalue weighted by molar-refractivity contribution is 0.602. The Labute approximate surface area is 152 Å². The Bertz CT molecular complexity index is 1120. The van der Waals surface area contributed by atoms with Crippen molar-refractivity contribution in [1.29, 1.82) is 0 Å². The van der Waals surface area contributed by atoms with Crippen molar-refractivity contribution in [1.82, 2.24) is 15.0 Å². The topological polar surface area (TPSA) is 50.7 Å². The highest BCUT2D eigenvalue weighted by molar-refractivity contribution is 6.29. The number of aromatic nitrogens is 3. The number of hydrogen-bond donors (Lipinski definition) is 1. The molecule has 0 spiro atoms. The fourth-order valence-electron chi connectivity index (χ4n) is 2.63. The Hall–Kier alpha value is -3.12. The molecule has 7 heteroatoms. The monoisotopic (exact) mass is 368 g/mol. The van der Waals surface area contributed by atoms with Crippen LogP contribution < -0.4 is 5.32 Å². The van der Waals surface area contributed by atoms with E-state index >= 15 is 0 Å². The Balaban J connectivity index is 1.90. The molecule has 3 heterocycles. The van der Waals surface area contributed by atoms with Crippen molar-refractivity contribution in [3.63, 3.8) is 0 Å². The lowest BCUT2D eigenvalue weighted by Gasteiger charge is -2.12. The Morgan fingerprint density at radius 3 is 2.65 bits per heavy atom. The maximum atomic E-state index is 14.2. The smallest absolute Gasteiger partial charge is 0.161 e. The highest BCUT2D eigenvalue weighted by atomic mass is 35.5. The second-order valence-electron chi connectivity index (χ2n) is 5.55. The van der Waals surface area contributed by atoms with Crippen molar-refractivity contribution in [2.45, 2.75) is 0 Å². The average molecular weight is 369 g/mol. The fraction of sp³-hybridized carbons (Fsp3) is 0. The molecule has 4 rings (SSSR count). The number of nitrogens with zero attached hydrogens (tertiary/aromatic N) is 3. The molecular formula is C19H11ClF2N4. The molecule has 0 fully saturated rings. The molecule has 4 aromatic rings. The molecule has 0 bridgehead atoms. The molecule has 0 radical (unpaired) electrons. The van der Waals surface area contributed by atoms with E-state index in [1.54, 1.807) is 36.7 Å². The number of halogens is 3. The normalized spacial score (nSPS) is 10.9. The van der Waals surface area contributed by atoms with E-state index in [0.717, 1.165) is 23.6 Å². The minimum absolute atomic E-state index is 0.0633. The lowest BCUT2D eigenvalue weighted by atomic mass is 10.1. The molecule has 0 atom stereocenters. The molecule has 0 saturated carbocycles. The molecule has 4 nitrogen and oxygen atoms in total. The van der Waals surface area contributed by atoms with Gasteiger partial charge in [0.15, 0.2) is 5.65 Å². The fourth-order valence-corrected chi connectivity index (χ4v) is 2.80. The van der Waals surface area contributed by atoms with E-state index in [1.807, 2.05) is 6.07 Å². The first-order valence-corrected chi connectivity index (χ1v) is 8.08. The van der Waals surface area contributed by atoms with Crippen LogP contribution in [0.15, 0.2) is 60.9 Å². The predicted molar refractivity (Wildman–Crippen MR) is 97.4 cm³/mol. The minimum atomic E-state index is -0.563. The second kappa shape index (κ2) is 6.65. The molecule has 0 unspecified atom stereocenters. The first-order chi connectivity index (χ1) is 12.6. The van der Waals surface area contributed by atoms with Crippen molar-refractivity contribution >= 4 is 34.0 Å². The molecule has 0 aliphatic carbocycles. The van der Waals surface area contributed by atoms with E-state index in [1.165, 1.54) is 0 Å². The Kier molecular flexibility index (Phi) is 4.18. The zero-order valence-electron chi connectivity index (χ0n) is 13.2. The summed E-state index contributed by atoms with van der Waals surface area (Å²) in [6, 6.07) is 11.9. The number of nitrogens with one attached hydrogen (secondary N) is 1. The predicted octanol–water partition coefficient (Wildman–Crippen LogP) is 5.37. The van der Waals surface area contributed by atoms with Gasteiger partial charge in [0.25, 0.3) is 0 Å². The van der Waals surface area contributed by atoms with Crippen LogP contribution in [0.1, 0.15) is 0 Å². The van der Waals surface area contributed by atoms with Gasteiger partial charge < -0.3 is 5.32 Å². The van der Waals surface area contributed by atoms with Crippen molar-refractivity contribution < 1.29 is 8.78 Å². The first kappa shape index (κ1) is 16.4. The maximum absolute atomic E-state index is 14.2. The number of fused-ring (bicyclic) bond motifs is 1. The van der Waals surface area contributed by atoms with Gasteiger partial charge in [0, 0.05) is 29.0 Å². The summed E-state index contributed by atoms with van der Waals surface area (Å²) < 4.78 is 27.8. The molecule has 0 saturated heterocycles. The van der Waals surface area contributed by atoms with Gasteiger partial charge in [-0.15, -0.1) is 0 Å². The third-order valence-corrected chi connectivity index (χ3v) is 4.00. The minimum Gasteiger partial charge on any atom is -0.355 e. The van der Waals surface area contributed by atoms with Crippen molar-refractivity contribution in [2.75, 3.05) is 5.32 Å². The number of anilines is 2. The van der Waals surface area contributed by atoms with E-state index in [-0.39, 0.29) is 11.3 Å². The van der Waals surface area contributed by atoms with E-state index in [2.05, 4.69) is 20.3 Å². The van der Waals surface area contributed by atoms with E-state index in [0.29, 0.717) is 22.2 Å². The molecule has 128 valence electrons. The van der Waals surface area contributed by atoms with Crippen LogP contribution in [0.5, 0.6) is 0 Å². The molecule has 1 N–H and O–H groups in total. The summed E-state index contributed by atoms with van der Waals surface area (Å²) in [6.45, 7) is 0. The van der Waals surface area contributed by atoms with Gasteiger partial charge in [-0.3, -0.25) is 0 Å². The molecule has 26 heavy (non-hydrogen) atoms. The van der Waals surface area contributed by atoms with Gasteiger partial charge >= 0.3 is 0 Å². The summed E-state index contributed by atoms with van der Waals surface area (Å²) >= 11 is 5.93. The van der Waals surface area contributed by atoms with Crippen LogP contribution >= 0.6 is 11.6 Å². The number of pyridine rings is 3. The number of hydrogen-bond acceptors (Lipinski definition) is 4. The Morgan fingerprint density at radius 2 is 1.81 bits per heavy atom. The molecule has 0 aliphatic rings. The molecular weight excluding hydrogens is 358 g/mol. The summed E-state index contributed by atoms with van der Waals surface area (Å²) in [6.07, 6.45) is 3.16. The summed E-state index contributed by atoms with van der Waals surface area (Å²) in [5.74, 6) is -1.10. The standard InChI is InChI=1S/C19H11ClF2N4/c20-18-9-12(5-7-23-18)25-16-10-17(14-8-11(21)3-4-15(14)22)26-19-13(16)2-1-6-24-19/h1-10H,(H,23,24,25,26). The highest BCUT2D eigenvalue weighted by Gasteiger charge is 2.13. The zero-order chi connectivity index (χ0) is 18.1. The number of rotatable bonds is 3. The summed E-state index contributed by atoms with van der Waals surface area (Å²) in [5, 5.41) is 4.28. The molecule has 1 aromatic carbocycles. The van der Waals surface area contributed by atoms with Gasteiger partial charge in [-0.2, -0.15) is 0 Å². The summed E-state index contributed by atoms with van der Waals surface area (Å²) in [5.41, 5.74) is 2.09. The van der Waals surface area contributed by atoms with Crippen LogP contribution in [0.2, 0.25) is 5.15 Å². The largest absolute Gasteiger partial charge is 0.355 e. The maximum Gasteiger partial charge on any atom is 0.161 e. The van der Waals surface area contributed by atoms with Crippen LogP contribution in [0.25, 0.3) is 22.3 Å². The molecule has 0 amide bonds. The third-order valence-electron chi connectivity index (χ3n) is 3.79. The highest BCUT2D eigenvalue weighted by Crippen LogP contribution is 2.31. The van der Waals surface area contributed by atoms with Gasteiger partial charge in [-0.25, -0.2) is 23.7 Å². The van der Waals surface area contributed by atoms with E-state index in [4.69, 9.17) is 11.6 Å². The third kappa shape index (κ3) is 3.19. The van der Waals surface area contributed by atoms with Crippen molar-refractivity contribution in [2.24, 2.45) is 0 Å². The second-order valence-corrected chi connectivity index (χ2v) is 5.93. The Morgan fingerprint density at radius 1 is 0.923 bits per heavy atom. The number of benzene rings is 1. The van der Waals surface area contributed by atoms with Crippen molar-refractivity contribution in [3.8, 4) is 11.3 Å². The van der Waals surface area contributed by atoms with Crippen LogP contribution in [0.3, 0.4) is 0 Å². The lowest BCUT2D eigenvalue weighted by Crippen LogP contribution is -1.98. The summed E-state index contributed by atoms with van der Waals surface area (Å²) in [4.78, 5) is 12.5. The quantitative estimate of drug-likeness (QED) is 0.494. The van der Waals surface area contributed by atoms with Gasteiger partial charge in [-0.1, -0.05) is 11.6 Å². The van der Waals surface area contributed by atoms with Gasteiger partial charge in [-0.05, 0) is 48.5 Å². The van der Waals surface area contributed by atoms with Gasteiger partial charge in [0.05, 0.1) is 11.4 Å². The van der Waals surface area contributed by atoms with Crippen LogP contribution in [0.4, 0.5) is 20.2 Å². The van der Waals surface area contributed by atoms with Gasteiger partial charge in [0.2, 0.25) is 0 Å². The molecule has 3 aromatic heterocycles. The van der Waals surface area contributed by atoms with Crippen LogP contribution in [-0.4, -0.2) is 15.0 Å². The van der Waals surface area contributed by atoms with Gasteiger partial charge in [0.1, 0.15) is 16.8 Å².